The van der Waals surface area contributed by atoms with E-state index in [2.05, 4.69) is 10.2 Å². The second kappa shape index (κ2) is 7.90. The molecule has 0 saturated carbocycles. The fourth-order valence-corrected chi connectivity index (χ4v) is 2.11. The Morgan fingerprint density at radius 2 is 1.90 bits per heavy atom. The van der Waals surface area contributed by atoms with Gasteiger partial charge < -0.3 is 15.1 Å². The number of benzene rings is 1. The first-order valence-electron chi connectivity index (χ1n) is 7.20. The topological polar surface area (TPSA) is 35.6 Å². The maximum absolute atomic E-state index is 12.5. The molecule has 0 spiro atoms. The minimum Gasteiger partial charge on any atom is -0.385 e. The largest absolute Gasteiger partial charge is 0.385 e. The van der Waals surface area contributed by atoms with Crippen LogP contribution in [0.4, 0.5) is 5.69 Å². The lowest BCUT2D eigenvalue weighted by Gasteiger charge is -2.20. The summed E-state index contributed by atoms with van der Waals surface area (Å²) in [6, 6.07) is 5.98. The Morgan fingerprint density at radius 3 is 2.50 bits per heavy atom. The van der Waals surface area contributed by atoms with Crippen molar-refractivity contribution in [3.8, 4) is 0 Å². The molecule has 1 N–H and O–H groups in total. The maximum atomic E-state index is 12.5. The van der Waals surface area contributed by atoms with Gasteiger partial charge in [0.2, 0.25) is 0 Å². The third kappa shape index (κ3) is 4.85. The van der Waals surface area contributed by atoms with Crippen molar-refractivity contribution >= 4 is 11.6 Å². The van der Waals surface area contributed by atoms with Crippen LogP contribution in [0.2, 0.25) is 0 Å². The number of amides is 1. The van der Waals surface area contributed by atoms with E-state index >= 15 is 0 Å². The average molecular weight is 277 g/mol. The van der Waals surface area contributed by atoms with Gasteiger partial charge in [0.25, 0.3) is 5.91 Å². The van der Waals surface area contributed by atoms with Crippen LogP contribution >= 0.6 is 0 Å². The molecule has 0 heterocycles. The number of anilines is 1. The van der Waals surface area contributed by atoms with E-state index in [1.165, 1.54) is 0 Å². The molecule has 1 aromatic carbocycles. The number of hydrogen-bond acceptors (Lipinski definition) is 3. The molecule has 4 heteroatoms. The number of nitrogens with one attached hydrogen (secondary N) is 1. The van der Waals surface area contributed by atoms with Crippen LogP contribution in [0.5, 0.6) is 0 Å². The lowest BCUT2D eigenvalue weighted by atomic mass is 10.1. The number of carbonyl (C=O) groups excluding carboxylic acids is 1. The zero-order chi connectivity index (χ0) is 15.1. The minimum atomic E-state index is 0.0865. The summed E-state index contributed by atoms with van der Waals surface area (Å²) in [6.07, 6.45) is 0.984. The van der Waals surface area contributed by atoms with E-state index < -0.39 is 0 Å². The van der Waals surface area contributed by atoms with Crippen LogP contribution in [0.25, 0.3) is 0 Å². The molecule has 20 heavy (non-hydrogen) atoms. The second-order valence-electron chi connectivity index (χ2n) is 5.46. The van der Waals surface area contributed by atoms with Crippen molar-refractivity contribution in [2.45, 2.75) is 20.3 Å². The summed E-state index contributed by atoms with van der Waals surface area (Å²) in [6.45, 7) is 6.63. The molecule has 0 unspecified atom stereocenters. The Bertz CT molecular complexity index is 443. The van der Waals surface area contributed by atoms with E-state index in [0.29, 0.717) is 0 Å². The molecule has 0 fully saturated rings. The highest BCUT2D eigenvalue weighted by molar-refractivity contribution is 5.99. The number of rotatable bonds is 7. The summed E-state index contributed by atoms with van der Waals surface area (Å²) in [5.74, 6) is 0.0865. The van der Waals surface area contributed by atoms with Gasteiger partial charge in [-0.1, -0.05) is 11.6 Å². The van der Waals surface area contributed by atoms with Crippen LogP contribution in [-0.2, 0) is 0 Å². The van der Waals surface area contributed by atoms with Crippen LogP contribution in [0, 0.1) is 6.92 Å². The van der Waals surface area contributed by atoms with Gasteiger partial charge in [-0.05, 0) is 53.0 Å². The van der Waals surface area contributed by atoms with Gasteiger partial charge >= 0.3 is 0 Å². The smallest absolute Gasteiger partial charge is 0.255 e. The molecular formula is C16H27N3O. The predicted octanol–water partition coefficient (Wildman–Crippen LogP) is 2.45. The molecule has 0 bridgehead atoms. The minimum absolute atomic E-state index is 0.0865. The van der Waals surface area contributed by atoms with Crippen LogP contribution in [0.1, 0.15) is 29.3 Å². The Labute approximate surface area is 122 Å². The SMILES string of the molecule is CCNc1ccc(C)cc1C(=O)N(C)CCCN(C)C. The lowest BCUT2D eigenvalue weighted by molar-refractivity contribution is 0.0791. The van der Waals surface area contributed by atoms with Gasteiger partial charge in [0.05, 0.1) is 5.56 Å². The van der Waals surface area contributed by atoms with E-state index in [0.717, 1.165) is 42.9 Å². The molecule has 1 rings (SSSR count). The second-order valence-corrected chi connectivity index (χ2v) is 5.46. The number of nitrogens with zero attached hydrogens (tertiary/aromatic N) is 2. The molecule has 0 aliphatic carbocycles. The van der Waals surface area contributed by atoms with Crippen molar-refractivity contribution < 1.29 is 4.79 Å². The Hall–Kier alpha value is -1.55. The van der Waals surface area contributed by atoms with Gasteiger partial charge in [0.15, 0.2) is 0 Å². The highest BCUT2D eigenvalue weighted by Gasteiger charge is 2.15. The van der Waals surface area contributed by atoms with E-state index in [1.807, 2.05) is 53.2 Å². The van der Waals surface area contributed by atoms with Gasteiger partial charge in [-0.25, -0.2) is 0 Å². The van der Waals surface area contributed by atoms with Crippen LogP contribution in [0.3, 0.4) is 0 Å². The Kier molecular flexibility index (Phi) is 6.52. The molecule has 0 saturated heterocycles. The van der Waals surface area contributed by atoms with Crippen LogP contribution in [0.15, 0.2) is 18.2 Å². The van der Waals surface area contributed by atoms with Crippen molar-refractivity contribution in [3.63, 3.8) is 0 Å². The molecule has 4 nitrogen and oxygen atoms in total. The molecule has 0 aromatic heterocycles. The molecule has 1 amide bonds. The van der Waals surface area contributed by atoms with Gasteiger partial charge in [-0.15, -0.1) is 0 Å². The number of hydrogen-bond donors (Lipinski definition) is 1. The monoisotopic (exact) mass is 277 g/mol. The third-order valence-electron chi connectivity index (χ3n) is 3.22. The van der Waals surface area contributed by atoms with Crippen molar-refractivity contribution in [2.24, 2.45) is 0 Å². The van der Waals surface area contributed by atoms with Crippen LogP contribution < -0.4 is 5.32 Å². The Balaban J connectivity index is 2.76. The van der Waals surface area contributed by atoms with Crippen molar-refractivity contribution in [3.05, 3.63) is 29.3 Å². The summed E-state index contributed by atoms with van der Waals surface area (Å²) in [5.41, 5.74) is 2.79. The maximum Gasteiger partial charge on any atom is 0.255 e. The summed E-state index contributed by atoms with van der Waals surface area (Å²) in [4.78, 5) is 16.5. The van der Waals surface area contributed by atoms with Gasteiger partial charge in [-0.2, -0.15) is 0 Å². The zero-order valence-electron chi connectivity index (χ0n) is 13.4. The first-order valence-corrected chi connectivity index (χ1v) is 7.20. The quantitative estimate of drug-likeness (QED) is 0.831. The average Bonchev–Trinajstić information content (AvgIpc) is 2.39. The summed E-state index contributed by atoms with van der Waals surface area (Å²) in [5, 5.41) is 3.26. The highest BCUT2D eigenvalue weighted by Crippen LogP contribution is 2.19. The van der Waals surface area contributed by atoms with Crippen LogP contribution in [-0.4, -0.2) is 56.5 Å². The molecular weight excluding hydrogens is 250 g/mol. The van der Waals surface area contributed by atoms with Gasteiger partial charge in [-0.3, -0.25) is 4.79 Å². The molecule has 0 aliphatic heterocycles. The van der Waals surface area contributed by atoms with Gasteiger partial charge in [0, 0.05) is 25.8 Å². The fraction of sp³-hybridized carbons (Fsp3) is 0.562. The molecule has 112 valence electrons. The third-order valence-corrected chi connectivity index (χ3v) is 3.22. The van der Waals surface area contributed by atoms with Crippen molar-refractivity contribution in [1.29, 1.82) is 0 Å². The summed E-state index contributed by atoms with van der Waals surface area (Å²) >= 11 is 0. The number of aryl methyl sites for hydroxylation is 1. The number of carbonyl (C=O) groups is 1. The van der Waals surface area contributed by atoms with E-state index in [9.17, 15) is 4.79 Å². The molecule has 1 aromatic rings. The van der Waals surface area contributed by atoms with Crippen molar-refractivity contribution in [2.75, 3.05) is 46.1 Å². The van der Waals surface area contributed by atoms with Crippen molar-refractivity contribution in [1.82, 2.24) is 9.80 Å². The predicted molar refractivity (Wildman–Crippen MR) is 85.5 cm³/mol. The molecule has 0 atom stereocenters. The lowest BCUT2D eigenvalue weighted by Crippen LogP contribution is -2.30. The van der Waals surface area contributed by atoms with Gasteiger partial charge in [0.1, 0.15) is 0 Å². The van der Waals surface area contributed by atoms with E-state index in [1.54, 1.807) is 4.90 Å². The standard InChI is InChI=1S/C16H27N3O/c1-6-17-15-9-8-13(2)12-14(15)16(20)19(5)11-7-10-18(3)4/h8-9,12,17H,6-7,10-11H2,1-5H3. The zero-order valence-corrected chi connectivity index (χ0v) is 13.4. The van der Waals surface area contributed by atoms with E-state index in [4.69, 9.17) is 0 Å². The highest BCUT2D eigenvalue weighted by atomic mass is 16.2. The summed E-state index contributed by atoms with van der Waals surface area (Å²) < 4.78 is 0. The molecule has 0 aliphatic rings. The normalized spacial score (nSPS) is 10.7. The summed E-state index contributed by atoms with van der Waals surface area (Å²) in [7, 11) is 5.97. The first kappa shape index (κ1) is 16.5. The first-order chi connectivity index (χ1) is 9.45. The Morgan fingerprint density at radius 1 is 1.20 bits per heavy atom. The van der Waals surface area contributed by atoms with E-state index in [-0.39, 0.29) is 5.91 Å². The molecule has 0 radical (unpaired) electrons. The fourth-order valence-electron chi connectivity index (χ4n) is 2.11.